The number of carbonyl (C=O) groups excluding carboxylic acids is 1. The topological polar surface area (TPSA) is 102 Å². The molecule has 25 heavy (non-hydrogen) atoms. The van der Waals surface area contributed by atoms with Crippen molar-refractivity contribution in [2.45, 2.75) is 6.54 Å². The number of likely N-dealkylation sites (tertiary alicyclic amines) is 1. The number of hydrogen-bond donors (Lipinski definition) is 1. The number of methoxy groups -OCH3 is 1. The van der Waals surface area contributed by atoms with E-state index in [4.69, 9.17) is 9.47 Å². The molecule has 2 aromatic heterocycles. The molecule has 0 radical (unpaired) electrons. The van der Waals surface area contributed by atoms with Gasteiger partial charge in [-0.05, 0) is 0 Å². The Morgan fingerprint density at radius 2 is 2.36 bits per heavy atom. The number of fused-ring (bicyclic) bond motifs is 2. The molecule has 9 nitrogen and oxygen atoms in total. The number of hydrogen-bond acceptors (Lipinski definition) is 7. The van der Waals surface area contributed by atoms with Gasteiger partial charge >= 0.3 is 5.97 Å². The van der Waals surface area contributed by atoms with Gasteiger partial charge in [-0.2, -0.15) is 5.10 Å². The molecule has 2 aliphatic rings. The Morgan fingerprint density at radius 3 is 3.12 bits per heavy atom. The Hall–Kier alpha value is -1.97. The number of aromatic amines is 1. The van der Waals surface area contributed by atoms with Gasteiger partial charge in [0.15, 0.2) is 5.65 Å². The maximum Gasteiger partial charge on any atom is 0.315 e. The van der Waals surface area contributed by atoms with Crippen LogP contribution in [0, 0.1) is 11.3 Å². The lowest BCUT2D eigenvalue weighted by atomic mass is 9.81. The summed E-state index contributed by atoms with van der Waals surface area (Å²) < 4.78 is 12.1. The number of aromatic nitrogens is 4. The third kappa shape index (κ3) is 2.72. The molecular formula is C15H20ClN5O4. The minimum absolute atomic E-state index is 0. The van der Waals surface area contributed by atoms with Crippen LogP contribution in [0.1, 0.15) is 5.82 Å². The molecule has 2 saturated heterocycles. The van der Waals surface area contributed by atoms with Gasteiger partial charge in [-0.25, -0.2) is 4.98 Å². The van der Waals surface area contributed by atoms with E-state index in [0.717, 1.165) is 0 Å². The maximum atomic E-state index is 12.2. The summed E-state index contributed by atoms with van der Waals surface area (Å²) in [6.07, 6.45) is 1.51. The Labute approximate surface area is 149 Å². The first-order valence-corrected chi connectivity index (χ1v) is 7.83. The van der Waals surface area contributed by atoms with Gasteiger partial charge in [0.05, 0.1) is 33.1 Å². The minimum atomic E-state index is -0.605. The zero-order chi connectivity index (χ0) is 16.9. The number of nitrogens with zero attached hydrogens (tertiary/aromatic N) is 4. The maximum absolute atomic E-state index is 12.2. The lowest BCUT2D eigenvalue weighted by Crippen LogP contribution is -2.40. The highest BCUT2D eigenvalue weighted by molar-refractivity contribution is 5.85. The lowest BCUT2D eigenvalue weighted by Gasteiger charge is -2.23. The number of esters is 1. The molecule has 2 atom stereocenters. The number of H-pyrrole nitrogens is 1. The summed E-state index contributed by atoms with van der Waals surface area (Å²) in [5.41, 5.74) is -0.251. The molecule has 4 rings (SSSR count). The average molecular weight is 370 g/mol. The Kier molecular flexibility index (Phi) is 4.56. The van der Waals surface area contributed by atoms with Crippen LogP contribution < -0.4 is 5.56 Å². The number of carbonyl (C=O) groups is 1. The molecule has 0 amide bonds. The Morgan fingerprint density at radius 1 is 1.56 bits per heavy atom. The molecule has 0 bridgehead atoms. The summed E-state index contributed by atoms with van der Waals surface area (Å²) in [5.74, 6) is 0.449. The summed E-state index contributed by atoms with van der Waals surface area (Å²) >= 11 is 0. The van der Waals surface area contributed by atoms with Crippen molar-refractivity contribution in [2.24, 2.45) is 18.4 Å². The molecule has 10 heteroatoms. The molecule has 0 saturated carbocycles. The molecule has 1 N–H and O–H groups in total. The van der Waals surface area contributed by atoms with Crippen molar-refractivity contribution in [3.05, 3.63) is 22.4 Å². The second-order valence-corrected chi connectivity index (χ2v) is 6.55. The number of ether oxygens (including phenoxy) is 2. The highest BCUT2D eigenvalue weighted by Gasteiger charge is 2.56. The highest BCUT2D eigenvalue weighted by atomic mass is 35.5. The SMILES string of the molecule is COC(=O)[C@@]12COC[C@@H]1CN(Cc1nc3c(cnn3C)c(=O)[nH]1)C2.Cl. The van der Waals surface area contributed by atoms with Crippen molar-refractivity contribution >= 4 is 29.4 Å². The third-order valence-corrected chi connectivity index (χ3v) is 5.06. The van der Waals surface area contributed by atoms with Crippen LogP contribution in [0.3, 0.4) is 0 Å². The van der Waals surface area contributed by atoms with E-state index in [2.05, 4.69) is 20.0 Å². The quantitative estimate of drug-likeness (QED) is 0.741. The molecule has 2 fully saturated rings. The second kappa shape index (κ2) is 6.40. The van der Waals surface area contributed by atoms with Crippen molar-refractivity contribution in [1.82, 2.24) is 24.6 Å². The number of halogens is 1. The predicted octanol–water partition coefficient (Wildman–Crippen LogP) is -0.300. The van der Waals surface area contributed by atoms with Crippen LogP contribution in [0.4, 0.5) is 0 Å². The van der Waals surface area contributed by atoms with Crippen LogP contribution in [0.15, 0.2) is 11.0 Å². The summed E-state index contributed by atoms with van der Waals surface area (Å²) in [4.78, 5) is 33.8. The molecule has 2 aliphatic heterocycles. The molecule has 0 aliphatic carbocycles. The van der Waals surface area contributed by atoms with Crippen molar-refractivity contribution in [1.29, 1.82) is 0 Å². The minimum Gasteiger partial charge on any atom is -0.468 e. The van der Waals surface area contributed by atoms with Crippen molar-refractivity contribution in [2.75, 3.05) is 33.4 Å². The fourth-order valence-corrected chi connectivity index (χ4v) is 3.82. The van der Waals surface area contributed by atoms with Crippen molar-refractivity contribution < 1.29 is 14.3 Å². The van der Waals surface area contributed by atoms with E-state index >= 15 is 0 Å². The monoisotopic (exact) mass is 369 g/mol. The normalized spacial score (nSPS) is 25.8. The van der Waals surface area contributed by atoms with Gasteiger partial charge < -0.3 is 14.5 Å². The summed E-state index contributed by atoms with van der Waals surface area (Å²) in [6, 6.07) is 0. The Balaban J connectivity index is 0.00000182. The van der Waals surface area contributed by atoms with Crippen LogP contribution in [0.5, 0.6) is 0 Å². The van der Waals surface area contributed by atoms with Gasteiger partial charge in [-0.3, -0.25) is 19.2 Å². The first-order valence-electron chi connectivity index (χ1n) is 7.83. The van der Waals surface area contributed by atoms with Crippen LogP contribution in [-0.4, -0.2) is 64.0 Å². The van der Waals surface area contributed by atoms with Crippen LogP contribution in [-0.2, 0) is 27.9 Å². The summed E-state index contributed by atoms with van der Waals surface area (Å²) in [5, 5.41) is 4.54. The fraction of sp³-hybridized carbons (Fsp3) is 0.600. The van der Waals surface area contributed by atoms with Crippen LogP contribution in [0.25, 0.3) is 11.0 Å². The molecule has 136 valence electrons. The second-order valence-electron chi connectivity index (χ2n) is 6.55. The van der Waals surface area contributed by atoms with E-state index in [-0.39, 0.29) is 29.9 Å². The number of aryl methyl sites for hydroxylation is 1. The molecule has 4 heterocycles. The molecule has 0 unspecified atom stereocenters. The van der Waals surface area contributed by atoms with Gasteiger partial charge in [0.25, 0.3) is 5.56 Å². The lowest BCUT2D eigenvalue weighted by molar-refractivity contribution is -0.153. The van der Waals surface area contributed by atoms with E-state index < -0.39 is 5.41 Å². The fourth-order valence-electron chi connectivity index (χ4n) is 3.82. The van der Waals surface area contributed by atoms with Crippen molar-refractivity contribution in [3.8, 4) is 0 Å². The third-order valence-electron chi connectivity index (χ3n) is 5.06. The predicted molar refractivity (Wildman–Crippen MR) is 90.4 cm³/mol. The van der Waals surface area contributed by atoms with Gasteiger partial charge in [0.2, 0.25) is 0 Å². The zero-order valence-electron chi connectivity index (χ0n) is 14.0. The highest BCUT2D eigenvalue weighted by Crippen LogP contribution is 2.42. The first kappa shape index (κ1) is 17.8. The van der Waals surface area contributed by atoms with E-state index in [9.17, 15) is 9.59 Å². The summed E-state index contributed by atoms with van der Waals surface area (Å²) in [7, 11) is 3.16. The van der Waals surface area contributed by atoms with E-state index in [1.54, 1.807) is 11.7 Å². The summed E-state index contributed by atoms with van der Waals surface area (Å²) in [6.45, 7) is 2.65. The van der Waals surface area contributed by atoms with E-state index in [1.165, 1.54) is 13.3 Å². The first-order chi connectivity index (χ1) is 11.5. The largest absolute Gasteiger partial charge is 0.468 e. The average Bonchev–Trinajstić information content (AvgIpc) is 3.20. The smallest absolute Gasteiger partial charge is 0.315 e. The van der Waals surface area contributed by atoms with Crippen LogP contribution >= 0.6 is 12.4 Å². The van der Waals surface area contributed by atoms with Gasteiger partial charge in [0.1, 0.15) is 16.6 Å². The molecule has 0 spiro atoms. The van der Waals surface area contributed by atoms with E-state index in [0.29, 0.717) is 49.7 Å². The number of nitrogens with one attached hydrogen (secondary N) is 1. The Bertz CT molecular complexity index is 865. The van der Waals surface area contributed by atoms with Crippen LogP contribution in [0.2, 0.25) is 0 Å². The van der Waals surface area contributed by atoms with Gasteiger partial charge in [-0.15, -0.1) is 12.4 Å². The molecule has 2 aromatic rings. The standard InChI is InChI=1S/C15H19N5O4.ClH/c1-19-12-10(3-16-19)13(21)18-11(17-12)5-20-4-9-6-24-8-15(9,7-20)14(22)23-2;/h3,9H,4-8H2,1-2H3,(H,17,18,21);1H/t9-,15-;/m0./s1. The number of rotatable bonds is 3. The molecule has 0 aromatic carbocycles. The van der Waals surface area contributed by atoms with Gasteiger partial charge in [0, 0.05) is 26.1 Å². The zero-order valence-corrected chi connectivity index (χ0v) is 14.8. The van der Waals surface area contributed by atoms with Gasteiger partial charge in [-0.1, -0.05) is 0 Å². The van der Waals surface area contributed by atoms with Crippen molar-refractivity contribution in [3.63, 3.8) is 0 Å². The molecular weight excluding hydrogens is 350 g/mol. The van der Waals surface area contributed by atoms with E-state index in [1.807, 2.05) is 0 Å².